The summed E-state index contributed by atoms with van der Waals surface area (Å²) in [6.07, 6.45) is 2.57. The van der Waals surface area contributed by atoms with E-state index in [2.05, 4.69) is 28.5 Å². The van der Waals surface area contributed by atoms with Crippen LogP contribution in [-0.2, 0) is 31.2 Å². The molecule has 1 aliphatic carbocycles. The Morgan fingerprint density at radius 3 is 3.00 bits per heavy atom. The summed E-state index contributed by atoms with van der Waals surface area (Å²) in [5.74, 6) is 0. The SMILES string of the molecule is Cn1c2c(c3ccccc31)CC(NS(=O)[O-])CC2. The zero-order valence-electron chi connectivity index (χ0n) is 10.2. The highest BCUT2D eigenvalue weighted by molar-refractivity contribution is 7.77. The molecule has 0 bridgehead atoms. The van der Waals surface area contributed by atoms with Crippen LogP contribution in [-0.4, -0.2) is 19.4 Å². The number of aryl methyl sites for hydroxylation is 1. The third-order valence-electron chi connectivity index (χ3n) is 3.79. The van der Waals surface area contributed by atoms with Crippen LogP contribution in [0, 0.1) is 0 Å². The molecule has 5 heteroatoms. The van der Waals surface area contributed by atoms with Gasteiger partial charge in [-0.2, -0.15) is 0 Å². The van der Waals surface area contributed by atoms with Crippen LogP contribution in [0.1, 0.15) is 17.7 Å². The first-order chi connectivity index (χ1) is 8.66. The van der Waals surface area contributed by atoms with Crippen molar-refractivity contribution in [3.63, 3.8) is 0 Å². The van der Waals surface area contributed by atoms with Crippen LogP contribution in [0.3, 0.4) is 0 Å². The maximum absolute atomic E-state index is 10.7. The molecule has 1 aromatic heterocycles. The van der Waals surface area contributed by atoms with Gasteiger partial charge >= 0.3 is 0 Å². The summed E-state index contributed by atoms with van der Waals surface area (Å²) < 4.78 is 26.3. The van der Waals surface area contributed by atoms with Crippen LogP contribution < -0.4 is 4.72 Å². The van der Waals surface area contributed by atoms with Crippen LogP contribution in [0.15, 0.2) is 24.3 Å². The Morgan fingerprint density at radius 1 is 1.44 bits per heavy atom. The Morgan fingerprint density at radius 2 is 2.22 bits per heavy atom. The molecule has 2 unspecified atom stereocenters. The van der Waals surface area contributed by atoms with E-state index >= 15 is 0 Å². The Kier molecular flexibility index (Phi) is 2.97. The van der Waals surface area contributed by atoms with Gasteiger partial charge in [-0.1, -0.05) is 18.2 Å². The molecule has 1 N–H and O–H groups in total. The molecule has 3 rings (SSSR count). The third-order valence-corrected chi connectivity index (χ3v) is 4.31. The van der Waals surface area contributed by atoms with E-state index in [0.717, 1.165) is 19.3 Å². The molecule has 0 spiro atoms. The first-order valence-electron chi connectivity index (χ1n) is 6.07. The second kappa shape index (κ2) is 4.50. The van der Waals surface area contributed by atoms with Crippen molar-refractivity contribution in [3.8, 4) is 0 Å². The zero-order valence-corrected chi connectivity index (χ0v) is 11.0. The molecule has 0 fully saturated rings. The lowest BCUT2D eigenvalue weighted by Crippen LogP contribution is -2.35. The van der Waals surface area contributed by atoms with Crippen LogP contribution in [0.25, 0.3) is 10.9 Å². The number of benzene rings is 1. The fourth-order valence-electron chi connectivity index (χ4n) is 2.97. The Labute approximate surface area is 108 Å². The quantitative estimate of drug-likeness (QED) is 0.833. The summed E-state index contributed by atoms with van der Waals surface area (Å²) in [5.41, 5.74) is 3.86. The van der Waals surface area contributed by atoms with Gasteiger partial charge < -0.3 is 9.12 Å². The van der Waals surface area contributed by atoms with Gasteiger partial charge in [0.05, 0.1) is 0 Å². The second-order valence-corrected chi connectivity index (χ2v) is 5.50. The van der Waals surface area contributed by atoms with Gasteiger partial charge in [-0.3, -0.25) is 4.21 Å². The van der Waals surface area contributed by atoms with Gasteiger partial charge in [0.15, 0.2) is 0 Å². The van der Waals surface area contributed by atoms with E-state index in [-0.39, 0.29) is 6.04 Å². The average Bonchev–Trinajstić information content (AvgIpc) is 2.63. The molecular formula is C13H15N2O2S-. The van der Waals surface area contributed by atoms with Crippen molar-refractivity contribution in [2.45, 2.75) is 25.3 Å². The average molecular weight is 263 g/mol. The predicted octanol–water partition coefficient (Wildman–Crippen LogP) is 1.42. The standard InChI is InChI=1S/C13H16N2O2S/c1-15-12-5-3-2-4-10(12)11-8-9(14-18(16)17)6-7-13(11)15/h2-5,9,14H,6-8H2,1H3,(H,16,17)/p-1. The lowest BCUT2D eigenvalue weighted by molar-refractivity contribution is 0.475. The number of hydrogen-bond donors (Lipinski definition) is 1. The largest absolute Gasteiger partial charge is 0.760 e. The molecule has 0 aliphatic heterocycles. The van der Waals surface area contributed by atoms with Gasteiger partial charge in [-0.15, -0.1) is 0 Å². The fourth-order valence-corrected chi connectivity index (χ4v) is 3.44. The number of hydrogen-bond acceptors (Lipinski definition) is 2. The molecule has 0 radical (unpaired) electrons. The number of nitrogens with zero attached hydrogens (tertiary/aromatic N) is 1. The third kappa shape index (κ3) is 1.88. The lowest BCUT2D eigenvalue weighted by Gasteiger charge is -2.25. The van der Waals surface area contributed by atoms with Gasteiger partial charge in [0.25, 0.3) is 0 Å². The van der Waals surface area contributed by atoms with Crippen LogP contribution >= 0.6 is 0 Å². The molecule has 2 atom stereocenters. The lowest BCUT2D eigenvalue weighted by atomic mass is 9.92. The highest BCUT2D eigenvalue weighted by Gasteiger charge is 2.23. The minimum Gasteiger partial charge on any atom is -0.760 e. The molecule has 96 valence electrons. The van der Waals surface area contributed by atoms with E-state index in [4.69, 9.17) is 0 Å². The van der Waals surface area contributed by atoms with Crippen LogP contribution in [0.5, 0.6) is 0 Å². The Hall–Kier alpha value is -1.17. The van der Waals surface area contributed by atoms with Crippen molar-refractivity contribution in [1.29, 1.82) is 0 Å². The van der Waals surface area contributed by atoms with E-state index in [0.29, 0.717) is 0 Å². The van der Waals surface area contributed by atoms with Gasteiger partial charge in [0.2, 0.25) is 0 Å². The van der Waals surface area contributed by atoms with E-state index < -0.39 is 11.3 Å². The molecule has 1 heterocycles. The van der Waals surface area contributed by atoms with E-state index in [1.54, 1.807) is 0 Å². The van der Waals surface area contributed by atoms with E-state index in [1.165, 1.54) is 22.2 Å². The van der Waals surface area contributed by atoms with Crippen molar-refractivity contribution >= 4 is 22.2 Å². The van der Waals surface area contributed by atoms with Crippen LogP contribution in [0.2, 0.25) is 0 Å². The smallest absolute Gasteiger partial charge is 0.0482 e. The van der Waals surface area contributed by atoms with Gasteiger partial charge in [-0.25, -0.2) is 4.72 Å². The van der Waals surface area contributed by atoms with Crippen molar-refractivity contribution in [2.24, 2.45) is 7.05 Å². The van der Waals surface area contributed by atoms with Crippen molar-refractivity contribution in [3.05, 3.63) is 35.5 Å². The summed E-state index contributed by atoms with van der Waals surface area (Å²) >= 11 is -2.17. The molecule has 18 heavy (non-hydrogen) atoms. The predicted molar refractivity (Wildman–Crippen MR) is 70.8 cm³/mol. The number of para-hydroxylation sites is 1. The topological polar surface area (TPSA) is 57.1 Å². The first kappa shape index (κ1) is 11.9. The van der Waals surface area contributed by atoms with Crippen molar-refractivity contribution in [2.75, 3.05) is 0 Å². The maximum Gasteiger partial charge on any atom is 0.0482 e. The summed E-state index contributed by atoms with van der Waals surface area (Å²) in [7, 11) is 2.08. The summed E-state index contributed by atoms with van der Waals surface area (Å²) in [6.45, 7) is 0. The molecule has 4 nitrogen and oxygen atoms in total. The van der Waals surface area contributed by atoms with Gasteiger partial charge in [-0.05, 0) is 30.9 Å². The highest BCUT2D eigenvalue weighted by Crippen LogP contribution is 2.31. The monoisotopic (exact) mass is 263 g/mol. The molecule has 0 saturated heterocycles. The van der Waals surface area contributed by atoms with Crippen molar-refractivity contribution in [1.82, 2.24) is 9.29 Å². The van der Waals surface area contributed by atoms with Gasteiger partial charge in [0.1, 0.15) is 0 Å². The van der Waals surface area contributed by atoms with E-state index in [9.17, 15) is 8.76 Å². The Bertz CT molecular complexity index is 621. The second-order valence-electron chi connectivity index (χ2n) is 4.79. The molecule has 0 saturated carbocycles. The molecular weight excluding hydrogens is 248 g/mol. The molecule has 2 aromatic rings. The fraction of sp³-hybridized carbons (Fsp3) is 0.385. The minimum absolute atomic E-state index is 0.0293. The number of nitrogens with one attached hydrogen (secondary N) is 1. The Balaban J connectivity index is 2.04. The molecule has 1 aromatic carbocycles. The van der Waals surface area contributed by atoms with Crippen LogP contribution in [0.4, 0.5) is 0 Å². The number of fused-ring (bicyclic) bond motifs is 3. The summed E-state index contributed by atoms with van der Waals surface area (Å²) in [5, 5.41) is 1.25. The molecule has 0 amide bonds. The normalized spacial score (nSPS) is 20.9. The highest BCUT2D eigenvalue weighted by atomic mass is 32.2. The first-order valence-corrected chi connectivity index (χ1v) is 7.15. The number of rotatable bonds is 2. The van der Waals surface area contributed by atoms with Gasteiger partial charge in [0, 0.05) is 41.0 Å². The van der Waals surface area contributed by atoms with Crippen molar-refractivity contribution < 1.29 is 8.76 Å². The maximum atomic E-state index is 10.7. The van der Waals surface area contributed by atoms with E-state index in [1.807, 2.05) is 12.1 Å². The minimum atomic E-state index is -2.17. The molecule has 1 aliphatic rings. The summed E-state index contributed by atoms with van der Waals surface area (Å²) in [4.78, 5) is 0. The summed E-state index contributed by atoms with van der Waals surface area (Å²) in [6, 6.07) is 8.33. The number of aromatic nitrogens is 1. The zero-order chi connectivity index (χ0) is 12.7.